The standard InChI is InChI=1S/C14H17N3O2/c1-16-7-3-4-10(16)8-17-9-15-13-11(14(18)19)5-2-6-12(13)17/h2,5-6,9-10H,3-4,7-8H2,1H3,(H,18,19). The molecule has 0 spiro atoms. The monoisotopic (exact) mass is 259 g/mol. The third kappa shape index (κ3) is 2.10. The number of aromatic carboxylic acids is 1. The smallest absolute Gasteiger partial charge is 0.337 e. The SMILES string of the molecule is CN1CCCC1Cn1cnc2c(C(=O)O)cccc21. The third-order valence-electron chi connectivity index (χ3n) is 3.96. The average molecular weight is 259 g/mol. The number of hydrogen-bond acceptors (Lipinski definition) is 3. The van der Waals surface area contributed by atoms with E-state index in [0.717, 1.165) is 18.6 Å². The second-order valence-electron chi connectivity index (χ2n) is 5.15. The van der Waals surface area contributed by atoms with Crippen molar-refractivity contribution in [3.05, 3.63) is 30.1 Å². The largest absolute Gasteiger partial charge is 0.478 e. The van der Waals surface area contributed by atoms with Crippen LogP contribution in [0.1, 0.15) is 23.2 Å². The quantitative estimate of drug-likeness (QED) is 0.913. The number of carbonyl (C=O) groups is 1. The maximum Gasteiger partial charge on any atom is 0.337 e. The molecule has 1 saturated heterocycles. The van der Waals surface area contributed by atoms with Gasteiger partial charge in [-0.15, -0.1) is 0 Å². The number of fused-ring (bicyclic) bond motifs is 1. The Kier molecular flexibility index (Phi) is 2.98. The van der Waals surface area contributed by atoms with Crippen LogP contribution >= 0.6 is 0 Å². The average Bonchev–Trinajstić information content (AvgIpc) is 2.97. The van der Waals surface area contributed by atoms with E-state index in [2.05, 4.69) is 21.5 Å². The highest BCUT2D eigenvalue weighted by molar-refractivity contribution is 6.00. The number of rotatable bonds is 3. The first kappa shape index (κ1) is 12.2. The molecular weight excluding hydrogens is 242 g/mol. The van der Waals surface area contributed by atoms with Crippen molar-refractivity contribution in [2.45, 2.75) is 25.4 Å². The number of nitrogens with zero attached hydrogens (tertiary/aromatic N) is 3. The molecule has 100 valence electrons. The number of carboxylic acids is 1. The van der Waals surface area contributed by atoms with Crippen molar-refractivity contribution in [1.29, 1.82) is 0 Å². The normalized spacial score (nSPS) is 20.2. The van der Waals surface area contributed by atoms with Crippen molar-refractivity contribution in [2.24, 2.45) is 0 Å². The second-order valence-corrected chi connectivity index (χ2v) is 5.15. The van der Waals surface area contributed by atoms with Gasteiger partial charge in [0.2, 0.25) is 0 Å². The van der Waals surface area contributed by atoms with Gasteiger partial charge in [-0.3, -0.25) is 0 Å². The van der Waals surface area contributed by atoms with Gasteiger partial charge in [0, 0.05) is 12.6 Å². The van der Waals surface area contributed by atoms with E-state index >= 15 is 0 Å². The zero-order valence-corrected chi connectivity index (χ0v) is 10.9. The molecule has 0 aliphatic carbocycles. The highest BCUT2D eigenvalue weighted by atomic mass is 16.4. The fourth-order valence-electron chi connectivity index (χ4n) is 2.84. The lowest BCUT2D eigenvalue weighted by molar-refractivity contribution is 0.0699. The van der Waals surface area contributed by atoms with Gasteiger partial charge in [-0.1, -0.05) is 6.07 Å². The van der Waals surface area contributed by atoms with E-state index in [1.54, 1.807) is 18.5 Å². The molecule has 1 atom stereocenters. The molecule has 2 heterocycles. The Hall–Kier alpha value is -1.88. The summed E-state index contributed by atoms with van der Waals surface area (Å²) in [5, 5.41) is 9.16. The first-order valence-electron chi connectivity index (χ1n) is 6.54. The van der Waals surface area contributed by atoms with E-state index in [1.807, 2.05) is 6.07 Å². The van der Waals surface area contributed by atoms with Crippen LogP contribution in [0.2, 0.25) is 0 Å². The zero-order valence-electron chi connectivity index (χ0n) is 10.9. The highest BCUT2D eigenvalue weighted by Crippen LogP contribution is 2.21. The van der Waals surface area contributed by atoms with Crippen molar-refractivity contribution < 1.29 is 9.90 Å². The van der Waals surface area contributed by atoms with Crippen LogP contribution in [0.25, 0.3) is 11.0 Å². The molecule has 0 saturated carbocycles. The summed E-state index contributed by atoms with van der Waals surface area (Å²) in [6.45, 7) is 2.01. The molecule has 2 aromatic rings. The number of carboxylic acid groups (broad SMARTS) is 1. The summed E-state index contributed by atoms with van der Waals surface area (Å²) in [4.78, 5) is 17.8. The van der Waals surface area contributed by atoms with E-state index in [4.69, 9.17) is 5.11 Å². The molecular formula is C14H17N3O2. The summed E-state index contributed by atoms with van der Waals surface area (Å²) in [5.74, 6) is -0.922. The van der Waals surface area contributed by atoms with Crippen LogP contribution < -0.4 is 0 Å². The maximum absolute atomic E-state index is 11.2. The van der Waals surface area contributed by atoms with Crippen molar-refractivity contribution >= 4 is 17.0 Å². The first-order chi connectivity index (χ1) is 9.16. The van der Waals surface area contributed by atoms with E-state index in [9.17, 15) is 4.79 Å². The Morgan fingerprint density at radius 3 is 3.05 bits per heavy atom. The predicted molar refractivity (Wildman–Crippen MR) is 72.3 cm³/mol. The summed E-state index contributed by atoms with van der Waals surface area (Å²) in [5.41, 5.74) is 1.76. The minimum Gasteiger partial charge on any atom is -0.478 e. The summed E-state index contributed by atoms with van der Waals surface area (Å²) >= 11 is 0. The number of hydrogen-bond donors (Lipinski definition) is 1. The number of benzene rings is 1. The van der Waals surface area contributed by atoms with Gasteiger partial charge in [0.05, 0.1) is 17.4 Å². The Labute approximate surface area is 111 Å². The summed E-state index contributed by atoms with van der Waals surface area (Å²) < 4.78 is 2.06. The number of imidazole rings is 1. The van der Waals surface area contributed by atoms with Crippen LogP contribution in [-0.2, 0) is 6.54 Å². The van der Waals surface area contributed by atoms with Crippen LogP contribution in [-0.4, -0.2) is 45.2 Å². The number of likely N-dealkylation sites (tertiary alicyclic amines) is 1. The Morgan fingerprint density at radius 2 is 2.37 bits per heavy atom. The molecule has 1 aromatic heterocycles. The lowest BCUT2D eigenvalue weighted by Gasteiger charge is -2.20. The van der Waals surface area contributed by atoms with Crippen molar-refractivity contribution in [3.8, 4) is 0 Å². The summed E-state index contributed by atoms with van der Waals surface area (Å²) in [6.07, 6.45) is 4.17. The lowest BCUT2D eigenvalue weighted by atomic mass is 10.2. The summed E-state index contributed by atoms with van der Waals surface area (Å²) in [7, 11) is 2.14. The van der Waals surface area contributed by atoms with Gasteiger partial charge in [0.1, 0.15) is 5.52 Å². The van der Waals surface area contributed by atoms with Crippen LogP contribution in [0.15, 0.2) is 24.5 Å². The van der Waals surface area contributed by atoms with Gasteiger partial charge in [0.25, 0.3) is 0 Å². The van der Waals surface area contributed by atoms with Gasteiger partial charge in [0.15, 0.2) is 0 Å². The van der Waals surface area contributed by atoms with Gasteiger partial charge in [-0.25, -0.2) is 9.78 Å². The van der Waals surface area contributed by atoms with E-state index in [-0.39, 0.29) is 5.56 Å². The van der Waals surface area contributed by atoms with Crippen molar-refractivity contribution in [1.82, 2.24) is 14.5 Å². The molecule has 0 radical (unpaired) electrons. The molecule has 3 rings (SSSR count). The molecule has 5 nitrogen and oxygen atoms in total. The number of likely N-dealkylation sites (N-methyl/N-ethyl adjacent to an activating group) is 1. The molecule has 0 bridgehead atoms. The zero-order chi connectivity index (χ0) is 13.4. The minimum absolute atomic E-state index is 0.274. The van der Waals surface area contributed by atoms with Crippen molar-refractivity contribution in [3.63, 3.8) is 0 Å². The number of para-hydroxylation sites is 1. The molecule has 1 N–H and O–H groups in total. The Balaban J connectivity index is 1.97. The lowest BCUT2D eigenvalue weighted by Crippen LogP contribution is -2.29. The molecule has 1 aliphatic rings. The molecule has 1 aliphatic heterocycles. The molecule has 0 amide bonds. The van der Waals surface area contributed by atoms with Crippen LogP contribution in [0.3, 0.4) is 0 Å². The molecule has 1 unspecified atom stereocenters. The minimum atomic E-state index is -0.922. The van der Waals surface area contributed by atoms with Gasteiger partial charge in [-0.2, -0.15) is 0 Å². The predicted octanol–water partition coefficient (Wildman–Crippen LogP) is 1.83. The Bertz CT molecular complexity index is 620. The van der Waals surface area contributed by atoms with Gasteiger partial charge >= 0.3 is 5.97 Å². The van der Waals surface area contributed by atoms with E-state index in [1.165, 1.54) is 12.8 Å². The van der Waals surface area contributed by atoms with E-state index < -0.39 is 5.97 Å². The Morgan fingerprint density at radius 1 is 1.53 bits per heavy atom. The third-order valence-corrected chi connectivity index (χ3v) is 3.96. The molecule has 5 heteroatoms. The maximum atomic E-state index is 11.2. The van der Waals surface area contributed by atoms with Crippen LogP contribution in [0.4, 0.5) is 0 Å². The fourth-order valence-corrected chi connectivity index (χ4v) is 2.84. The van der Waals surface area contributed by atoms with E-state index in [0.29, 0.717) is 11.6 Å². The highest BCUT2D eigenvalue weighted by Gasteiger charge is 2.22. The first-order valence-corrected chi connectivity index (χ1v) is 6.54. The summed E-state index contributed by atoms with van der Waals surface area (Å²) in [6, 6.07) is 5.83. The topological polar surface area (TPSA) is 58.4 Å². The fraction of sp³-hybridized carbons (Fsp3) is 0.429. The van der Waals surface area contributed by atoms with Gasteiger partial charge in [-0.05, 0) is 38.6 Å². The second kappa shape index (κ2) is 4.66. The molecule has 19 heavy (non-hydrogen) atoms. The number of aromatic nitrogens is 2. The molecule has 1 aromatic carbocycles. The van der Waals surface area contributed by atoms with Crippen LogP contribution in [0, 0.1) is 0 Å². The van der Waals surface area contributed by atoms with Crippen LogP contribution in [0.5, 0.6) is 0 Å². The van der Waals surface area contributed by atoms with Crippen molar-refractivity contribution in [2.75, 3.05) is 13.6 Å². The molecule has 1 fully saturated rings. The van der Waals surface area contributed by atoms with Gasteiger partial charge < -0.3 is 14.6 Å².